The van der Waals surface area contributed by atoms with Crippen molar-refractivity contribution in [3.63, 3.8) is 0 Å². The van der Waals surface area contributed by atoms with Gasteiger partial charge in [-0.2, -0.15) is 4.31 Å². The van der Waals surface area contributed by atoms with E-state index in [1.54, 1.807) is 6.07 Å². The second-order valence-electron chi connectivity index (χ2n) is 7.56. The molecule has 1 atom stereocenters. The van der Waals surface area contributed by atoms with Crippen LogP contribution in [0.1, 0.15) is 33.6 Å². The minimum absolute atomic E-state index is 0.0163. The van der Waals surface area contributed by atoms with E-state index in [-0.39, 0.29) is 33.7 Å². The fourth-order valence-electron chi connectivity index (χ4n) is 2.69. The number of nitrogens with one attached hydrogen (secondary N) is 1. The summed E-state index contributed by atoms with van der Waals surface area (Å²) in [4.78, 5) is 12.4. The van der Waals surface area contributed by atoms with Gasteiger partial charge in [-0.05, 0) is 36.5 Å². The highest BCUT2D eigenvalue weighted by molar-refractivity contribution is 7.89. The van der Waals surface area contributed by atoms with E-state index in [0.29, 0.717) is 31.0 Å². The largest absolute Gasteiger partial charge is 0.355 e. The Bertz CT molecular complexity index is 745. The molecule has 0 saturated carbocycles. The van der Waals surface area contributed by atoms with Crippen molar-refractivity contribution in [1.82, 2.24) is 9.62 Å². The SMILES string of the molecule is CC(C)(C)CNC(=O)C1CCCN(S(=O)(=O)c2cc(Cl)ccc2Cl)C1. The van der Waals surface area contributed by atoms with Crippen LogP contribution in [0.5, 0.6) is 0 Å². The smallest absolute Gasteiger partial charge is 0.244 e. The van der Waals surface area contributed by atoms with E-state index in [9.17, 15) is 13.2 Å². The lowest BCUT2D eigenvalue weighted by atomic mass is 9.95. The van der Waals surface area contributed by atoms with Gasteiger partial charge >= 0.3 is 0 Å². The van der Waals surface area contributed by atoms with Gasteiger partial charge in [-0.3, -0.25) is 4.79 Å². The average molecular weight is 407 g/mol. The minimum Gasteiger partial charge on any atom is -0.355 e. The lowest BCUT2D eigenvalue weighted by Crippen LogP contribution is -2.46. The summed E-state index contributed by atoms with van der Waals surface area (Å²) in [5.74, 6) is -0.462. The van der Waals surface area contributed by atoms with Crippen LogP contribution in [0, 0.1) is 11.3 Å². The van der Waals surface area contributed by atoms with E-state index >= 15 is 0 Å². The molecule has 0 aliphatic carbocycles. The van der Waals surface area contributed by atoms with Crippen LogP contribution < -0.4 is 5.32 Å². The van der Waals surface area contributed by atoms with Crippen molar-refractivity contribution < 1.29 is 13.2 Å². The first-order valence-corrected chi connectivity index (χ1v) is 10.4. The molecule has 1 saturated heterocycles. The number of carbonyl (C=O) groups excluding carboxylic acids is 1. The molecule has 5 nitrogen and oxygen atoms in total. The van der Waals surface area contributed by atoms with Crippen LogP contribution in [-0.2, 0) is 14.8 Å². The van der Waals surface area contributed by atoms with E-state index in [0.717, 1.165) is 0 Å². The van der Waals surface area contributed by atoms with E-state index in [4.69, 9.17) is 23.2 Å². The van der Waals surface area contributed by atoms with Crippen molar-refractivity contribution in [2.75, 3.05) is 19.6 Å². The molecular weight excluding hydrogens is 383 g/mol. The summed E-state index contributed by atoms with van der Waals surface area (Å²) in [5.41, 5.74) is -0.0234. The fourth-order valence-corrected chi connectivity index (χ4v) is 4.95. The van der Waals surface area contributed by atoms with E-state index in [1.807, 2.05) is 20.8 Å². The molecule has 1 aliphatic heterocycles. The maximum Gasteiger partial charge on any atom is 0.244 e. The number of piperidine rings is 1. The van der Waals surface area contributed by atoms with Crippen LogP contribution in [0.3, 0.4) is 0 Å². The van der Waals surface area contributed by atoms with Gasteiger partial charge in [0.25, 0.3) is 0 Å². The summed E-state index contributed by atoms with van der Waals surface area (Å²) in [6.45, 7) is 7.18. The van der Waals surface area contributed by atoms with Crippen molar-refractivity contribution in [3.8, 4) is 0 Å². The molecule has 1 fully saturated rings. The monoisotopic (exact) mass is 406 g/mol. The van der Waals surface area contributed by atoms with Gasteiger partial charge in [-0.1, -0.05) is 44.0 Å². The zero-order chi connectivity index (χ0) is 18.8. The van der Waals surface area contributed by atoms with Crippen LogP contribution in [0.4, 0.5) is 0 Å². The standard InChI is InChI=1S/C17H24Cl2N2O3S/c1-17(2,3)11-20-16(22)12-5-4-8-21(10-12)25(23,24)15-9-13(18)6-7-14(15)19/h6-7,9,12H,4-5,8,10-11H2,1-3H3,(H,20,22). The Labute approximate surface area is 159 Å². The number of benzene rings is 1. The third-order valence-corrected chi connectivity index (χ3v) is 6.64. The lowest BCUT2D eigenvalue weighted by molar-refractivity contribution is -0.126. The van der Waals surface area contributed by atoms with E-state index in [2.05, 4.69) is 5.32 Å². The van der Waals surface area contributed by atoms with Gasteiger partial charge in [-0.25, -0.2) is 8.42 Å². The molecule has 8 heteroatoms. The summed E-state index contributed by atoms with van der Waals surface area (Å²) in [7, 11) is -3.79. The number of hydrogen-bond acceptors (Lipinski definition) is 3. The van der Waals surface area contributed by atoms with Gasteiger partial charge in [0.1, 0.15) is 4.90 Å². The Kier molecular flexibility index (Phi) is 6.41. The molecule has 0 radical (unpaired) electrons. The maximum absolute atomic E-state index is 12.9. The number of rotatable bonds is 4. The summed E-state index contributed by atoms with van der Waals surface area (Å²) in [6, 6.07) is 4.36. The zero-order valence-electron chi connectivity index (χ0n) is 14.7. The van der Waals surface area contributed by atoms with Gasteiger partial charge in [0, 0.05) is 24.7 Å². The minimum atomic E-state index is -3.79. The first-order chi connectivity index (χ1) is 11.5. The Morgan fingerprint density at radius 1 is 1.32 bits per heavy atom. The average Bonchev–Trinajstić information content (AvgIpc) is 2.54. The second-order valence-corrected chi connectivity index (χ2v) is 10.3. The molecule has 140 valence electrons. The fraction of sp³-hybridized carbons (Fsp3) is 0.588. The predicted octanol–water partition coefficient (Wildman–Crippen LogP) is 3.56. The molecule has 2 rings (SSSR count). The van der Waals surface area contributed by atoms with Gasteiger partial charge in [0.15, 0.2) is 0 Å². The van der Waals surface area contributed by atoms with Gasteiger partial charge < -0.3 is 5.32 Å². The molecule has 1 N–H and O–H groups in total. The first-order valence-electron chi connectivity index (χ1n) is 8.23. The Morgan fingerprint density at radius 2 is 2.00 bits per heavy atom. The summed E-state index contributed by atoms with van der Waals surface area (Å²) in [6.07, 6.45) is 1.30. The van der Waals surface area contributed by atoms with Crippen LogP contribution in [0.15, 0.2) is 23.1 Å². The Hall–Kier alpha value is -0.820. The van der Waals surface area contributed by atoms with Gasteiger partial charge in [0.05, 0.1) is 10.9 Å². The van der Waals surface area contributed by atoms with Crippen LogP contribution in [0.2, 0.25) is 10.0 Å². The molecule has 1 heterocycles. The zero-order valence-corrected chi connectivity index (χ0v) is 17.0. The highest BCUT2D eigenvalue weighted by Gasteiger charge is 2.34. The molecule has 1 aromatic carbocycles. The molecule has 0 spiro atoms. The number of sulfonamides is 1. The Balaban J connectivity index is 2.14. The van der Waals surface area contributed by atoms with Crippen molar-refractivity contribution in [2.24, 2.45) is 11.3 Å². The van der Waals surface area contributed by atoms with Crippen molar-refractivity contribution in [2.45, 2.75) is 38.5 Å². The normalized spacial score (nSPS) is 19.6. The highest BCUT2D eigenvalue weighted by Crippen LogP contribution is 2.30. The third-order valence-electron chi connectivity index (χ3n) is 4.06. The molecule has 0 bridgehead atoms. The highest BCUT2D eigenvalue weighted by atomic mass is 35.5. The number of hydrogen-bond donors (Lipinski definition) is 1. The molecule has 1 unspecified atom stereocenters. The topological polar surface area (TPSA) is 66.5 Å². The maximum atomic E-state index is 12.9. The molecule has 1 aromatic rings. The van der Waals surface area contributed by atoms with E-state index < -0.39 is 10.0 Å². The molecule has 25 heavy (non-hydrogen) atoms. The van der Waals surface area contributed by atoms with Crippen molar-refractivity contribution in [1.29, 1.82) is 0 Å². The summed E-state index contributed by atoms with van der Waals surface area (Å²) >= 11 is 12.0. The molecule has 0 aromatic heterocycles. The second kappa shape index (κ2) is 7.82. The Morgan fingerprint density at radius 3 is 2.64 bits per heavy atom. The molecule has 1 aliphatic rings. The van der Waals surface area contributed by atoms with Crippen LogP contribution >= 0.6 is 23.2 Å². The van der Waals surface area contributed by atoms with Crippen molar-refractivity contribution >= 4 is 39.1 Å². The van der Waals surface area contributed by atoms with Gasteiger partial charge in [0.2, 0.25) is 15.9 Å². The van der Waals surface area contributed by atoms with E-state index in [1.165, 1.54) is 16.4 Å². The third kappa shape index (κ3) is 5.33. The van der Waals surface area contributed by atoms with Crippen LogP contribution in [-0.4, -0.2) is 38.3 Å². The van der Waals surface area contributed by atoms with Gasteiger partial charge in [-0.15, -0.1) is 0 Å². The number of nitrogens with zero attached hydrogens (tertiary/aromatic N) is 1. The predicted molar refractivity (Wildman–Crippen MR) is 100 cm³/mol. The lowest BCUT2D eigenvalue weighted by Gasteiger charge is -2.32. The summed E-state index contributed by atoms with van der Waals surface area (Å²) < 4.78 is 27.1. The summed E-state index contributed by atoms with van der Waals surface area (Å²) in [5, 5.41) is 3.35. The quantitative estimate of drug-likeness (QED) is 0.830. The first kappa shape index (κ1) is 20.5. The van der Waals surface area contributed by atoms with Crippen LogP contribution in [0.25, 0.3) is 0 Å². The number of amides is 1. The number of carbonyl (C=O) groups is 1. The molecular formula is C17H24Cl2N2O3S. The number of halogens is 2. The van der Waals surface area contributed by atoms with Crippen molar-refractivity contribution in [3.05, 3.63) is 28.2 Å². The molecule has 1 amide bonds.